The predicted molar refractivity (Wildman–Crippen MR) is 77.3 cm³/mol. The zero-order valence-electron chi connectivity index (χ0n) is 11.6. The third-order valence-electron chi connectivity index (χ3n) is 3.86. The molecule has 0 unspecified atom stereocenters. The van der Waals surface area contributed by atoms with E-state index in [9.17, 15) is 4.79 Å². The Hall–Kier alpha value is -1.59. The lowest BCUT2D eigenvalue weighted by atomic mass is 10.1. The minimum atomic E-state index is -0.177. The topological polar surface area (TPSA) is 44.8 Å². The Kier molecular flexibility index (Phi) is 4.18. The monoisotopic (exact) mass is 275 g/mol. The van der Waals surface area contributed by atoms with Gasteiger partial charge in [0.2, 0.25) is 0 Å². The van der Waals surface area contributed by atoms with Crippen molar-refractivity contribution < 1.29 is 9.63 Å². The standard InChI is InChI=1S/C15H21N3O2/c19-15(18-9-4-5-11-20-18)14-12-16-8-10-17(14)13-6-2-1-3-7-13/h1-3,6-7,14,16H,4-5,8-12H2/t14-/m0/s1. The molecular formula is C15H21N3O2. The molecule has 0 bridgehead atoms. The van der Waals surface area contributed by atoms with Gasteiger partial charge >= 0.3 is 0 Å². The Labute approximate surface area is 119 Å². The molecule has 5 nitrogen and oxygen atoms in total. The maximum Gasteiger partial charge on any atom is 0.270 e. The third-order valence-corrected chi connectivity index (χ3v) is 3.86. The van der Waals surface area contributed by atoms with Crippen molar-refractivity contribution in [3.63, 3.8) is 0 Å². The van der Waals surface area contributed by atoms with E-state index in [-0.39, 0.29) is 11.9 Å². The summed E-state index contributed by atoms with van der Waals surface area (Å²) >= 11 is 0. The number of piperazine rings is 1. The molecule has 2 aliphatic rings. The molecule has 20 heavy (non-hydrogen) atoms. The Morgan fingerprint density at radius 3 is 2.80 bits per heavy atom. The summed E-state index contributed by atoms with van der Waals surface area (Å²) in [5.41, 5.74) is 1.10. The second-order valence-corrected chi connectivity index (χ2v) is 5.23. The first-order valence-electron chi connectivity index (χ1n) is 7.33. The van der Waals surface area contributed by atoms with Crippen molar-refractivity contribution in [2.75, 3.05) is 37.7 Å². The summed E-state index contributed by atoms with van der Waals surface area (Å²) in [6, 6.07) is 9.96. The molecule has 0 aliphatic carbocycles. The third kappa shape index (κ3) is 2.78. The van der Waals surface area contributed by atoms with Gasteiger partial charge < -0.3 is 10.2 Å². The van der Waals surface area contributed by atoms with Crippen molar-refractivity contribution in [2.24, 2.45) is 0 Å². The number of para-hydroxylation sites is 1. The number of nitrogens with zero attached hydrogens (tertiary/aromatic N) is 2. The van der Waals surface area contributed by atoms with Crippen molar-refractivity contribution >= 4 is 11.6 Å². The minimum absolute atomic E-state index is 0.0701. The minimum Gasteiger partial charge on any atom is -0.357 e. The number of nitrogens with one attached hydrogen (secondary N) is 1. The smallest absolute Gasteiger partial charge is 0.270 e. The van der Waals surface area contributed by atoms with E-state index < -0.39 is 0 Å². The van der Waals surface area contributed by atoms with E-state index in [4.69, 9.17) is 4.84 Å². The normalized spacial score (nSPS) is 23.7. The summed E-state index contributed by atoms with van der Waals surface area (Å²) in [5.74, 6) is 0.0701. The van der Waals surface area contributed by atoms with Crippen LogP contribution in [0.25, 0.3) is 0 Å². The number of hydroxylamine groups is 2. The number of amides is 1. The van der Waals surface area contributed by atoms with E-state index in [2.05, 4.69) is 22.3 Å². The highest BCUT2D eigenvalue weighted by atomic mass is 16.7. The first-order valence-corrected chi connectivity index (χ1v) is 7.33. The maximum absolute atomic E-state index is 12.7. The number of carbonyl (C=O) groups is 1. The van der Waals surface area contributed by atoms with E-state index in [0.717, 1.165) is 31.6 Å². The van der Waals surface area contributed by atoms with Gasteiger partial charge in [-0.3, -0.25) is 9.63 Å². The largest absolute Gasteiger partial charge is 0.357 e. The van der Waals surface area contributed by atoms with Crippen LogP contribution < -0.4 is 10.2 Å². The Morgan fingerprint density at radius 2 is 2.05 bits per heavy atom. The summed E-state index contributed by atoms with van der Waals surface area (Å²) in [6.45, 7) is 3.77. The molecule has 0 spiro atoms. The van der Waals surface area contributed by atoms with Crippen LogP contribution >= 0.6 is 0 Å². The number of hydrogen-bond donors (Lipinski definition) is 1. The summed E-state index contributed by atoms with van der Waals surface area (Å²) in [4.78, 5) is 20.3. The number of anilines is 1. The Morgan fingerprint density at radius 1 is 1.20 bits per heavy atom. The molecule has 0 radical (unpaired) electrons. The molecule has 2 aliphatic heterocycles. The van der Waals surface area contributed by atoms with Gasteiger partial charge in [-0.1, -0.05) is 18.2 Å². The number of rotatable bonds is 2. The van der Waals surface area contributed by atoms with Crippen LogP contribution in [0.1, 0.15) is 12.8 Å². The molecule has 2 saturated heterocycles. The van der Waals surface area contributed by atoms with Crippen molar-refractivity contribution in [1.29, 1.82) is 0 Å². The van der Waals surface area contributed by atoms with Gasteiger partial charge in [0, 0.05) is 31.9 Å². The van der Waals surface area contributed by atoms with Gasteiger partial charge in [0.15, 0.2) is 0 Å². The quantitative estimate of drug-likeness (QED) is 0.875. The van der Waals surface area contributed by atoms with E-state index >= 15 is 0 Å². The first kappa shape index (κ1) is 13.4. The van der Waals surface area contributed by atoms with Crippen LogP contribution in [0.2, 0.25) is 0 Å². The predicted octanol–water partition coefficient (Wildman–Crippen LogP) is 1.02. The van der Waals surface area contributed by atoms with Gasteiger partial charge in [0.25, 0.3) is 5.91 Å². The number of benzene rings is 1. The van der Waals surface area contributed by atoms with E-state index in [0.29, 0.717) is 19.7 Å². The van der Waals surface area contributed by atoms with Gasteiger partial charge in [-0.15, -0.1) is 0 Å². The zero-order valence-corrected chi connectivity index (χ0v) is 11.6. The van der Waals surface area contributed by atoms with Crippen LogP contribution in [0.4, 0.5) is 5.69 Å². The highest BCUT2D eigenvalue weighted by Crippen LogP contribution is 2.20. The molecule has 5 heteroatoms. The fourth-order valence-corrected chi connectivity index (χ4v) is 2.79. The van der Waals surface area contributed by atoms with Crippen LogP contribution in [0.5, 0.6) is 0 Å². The van der Waals surface area contributed by atoms with Crippen LogP contribution in [-0.2, 0) is 9.63 Å². The van der Waals surface area contributed by atoms with Gasteiger partial charge in [-0.05, 0) is 25.0 Å². The lowest BCUT2D eigenvalue weighted by Gasteiger charge is -2.39. The maximum atomic E-state index is 12.7. The van der Waals surface area contributed by atoms with Crippen molar-refractivity contribution in [3.8, 4) is 0 Å². The highest BCUT2D eigenvalue weighted by Gasteiger charge is 2.33. The average molecular weight is 275 g/mol. The fraction of sp³-hybridized carbons (Fsp3) is 0.533. The molecule has 3 rings (SSSR count). The van der Waals surface area contributed by atoms with Gasteiger partial charge in [0.05, 0.1) is 6.61 Å². The molecule has 1 aromatic carbocycles. The van der Waals surface area contributed by atoms with Crippen molar-refractivity contribution in [1.82, 2.24) is 10.4 Å². The molecular weight excluding hydrogens is 254 g/mol. The van der Waals surface area contributed by atoms with E-state index in [1.165, 1.54) is 0 Å². The Balaban J connectivity index is 1.76. The van der Waals surface area contributed by atoms with Crippen LogP contribution in [0.3, 0.4) is 0 Å². The van der Waals surface area contributed by atoms with E-state index in [1.54, 1.807) is 5.06 Å². The number of hydrogen-bond acceptors (Lipinski definition) is 4. The second-order valence-electron chi connectivity index (χ2n) is 5.23. The summed E-state index contributed by atoms with van der Waals surface area (Å²) in [6.07, 6.45) is 2.06. The lowest BCUT2D eigenvalue weighted by Crippen LogP contribution is -2.59. The SMILES string of the molecule is O=C([C@@H]1CNCCN1c1ccccc1)N1CCCCO1. The van der Waals surface area contributed by atoms with Gasteiger partial charge in [-0.25, -0.2) is 5.06 Å². The molecule has 108 valence electrons. The van der Waals surface area contributed by atoms with Crippen LogP contribution in [-0.4, -0.2) is 49.8 Å². The van der Waals surface area contributed by atoms with Crippen molar-refractivity contribution in [2.45, 2.75) is 18.9 Å². The lowest BCUT2D eigenvalue weighted by molar-refractivity contribution is -0.198. The van der Waals surface area contributed by atoms with Crippen LogP contribution in [0.15, 0.2) is 30.3 Å². The van der Waals surface area contributed by atoms with Gasteiger partial charge in [0.1, 0.15) is 6.04 Å². The van der Waals surface area contributed by atoms with Crippen LogP contribution in [0, 0.1) is 0 Å². The molecule has 0 saturated carbocycles. The molecule has 1 aromatic rings. The molecule has 1 atom stereocenters. The second kappa shape index (κ2) is 6.24. The summed E-state index contributed by atoms with van der Waals surface area (Å²) in [5, 5.41) is 4.86. The average Bonchev–Trinajstić information content (AvgIpc) is 2.56. The van der Waals surface area contributed by atoms with Crippen molar-refractivity contribution in [3.05, 3.63) is 30.3 Å². The summed E-state index contributed by atoms with van der Waals surface area (Å²) < 4.78 is 0. The Bertz CT molecular complexity index is 446. The first-order chi connectivity index (χ1) is 9.86. The zero-order chi connectivity index (χ0) is 13.8. The molecule has 2 heterocycles. The fourth-order valence-electron chi connectivity index (χ4n) is 2.79. The summed E-state index contributed by atoms with van der Waals surface area (Å²) in [7, 11) is 0. The van der Waals surface area contributed by atoms with E-state index in [1.807, 2.05) is 18.2 Å². The van der Waals surface area contributed by atoms with Gasteiger partial charge in [-0.2, -0.15) is 0 Å². The molecule has 2 fully saturated rings. The molecule has 0 aromatic heterocycles. The molecule has 1 amide bonds. The molecule has 1 N–H and O–H groups in total. The highest BCUT2D eigenvalue weighted by molar-refractivity contribution is 5.85. The number of carbonyl (C=O) groups excluding carboxylic acids is 1.